The SMILES string of the molecule is Cc1cc(C#N)nc(SCCCO)n1. The fourth-order valence-corrected chi connectivity index (χ4v) is 1.72. The average Bonchev–Trinajstić information content (AvgIpc) is 2.17. The van der Waals surface area contributed by atoms with E-state index in [1.807, 2.05) is 13.0 Å². The lowest BCUT2D eigenvalue weighted by atomic mass is 10.4. The Hall–Kier alpha value is -1.12. The van der Waals surface area contributed by atoms with E-state index >= 15 is 0 Å². The second-order valence-corrected chi connectivity index (χ2v) is 3.78. The van der Waals surface area contributed by atoms with Crippen molar-refractivity contribution in [3.05, 3.63) is 17.5 Å². The summed E-state index contributed by atoms with van der Waals surface area (Å²) in [6, 6.07) is 3.63. The molecule has 0 atom stereocenters. The van der Waals surface area contributed by atoms with Gasteiger partial charge in [-0.3, -0.25) is 0 Å². The van der Waals surface area contributed by atoms with Crippen molar-refractivity contribution in [2.45, 2.75) is 18.5 Å². The summed E-state index contributed by atoms with van der Waals surface area (Å²) < 4.78 is 0. The molecular formula is C9H11N3OS. The van der Waals surface area contributed by atoms with Crippen LogP contribution in [0.15, 0.2) is 11.2 Å². The lowest BCUT2D eigenvalue weighted by Crippen LogP contribution is -1.95. The molecule has 14 heavy (non-hydrogen) atoms. The van der Waals surface area contributed by atoms with Gasteiger partial charge in [0.25, 0.3) is 0 Å². The first-order valence-electron chi connectivity index (χ1n) is 4.25. The highest BCUT2D eigenvalue weighted by atomic mass is 32.2. The second-order valence-electron chi connectivity index (χ2n) is 2.71. The monoisotopic (exact) mass is 209 g/mol. The average molecular weight is 209 g/mol. The highest BCUT2D eigenvalue weighted by Gasteiger charge is 2.01. The lowest BCUT2D eigenvalue weighted by molar-refractivity contribution is 0.296. The molecular weight excluding hydrogens is 198 g/mol. The summed E-state index contributed by atoms with van der Waals surface area (Å²) in [5.74, 6) is 0.769. The molecule has 0 aliphatic carbocycles. The van der Waals surface area contributed by atoms with E-state index in [1.54, 1.807) is 6.07 Å². The van der Waals surface area contributed by atoms with E-state index in [0.29, 0.717) is 17.3 Å². The Bertz CT molecular complexity index is 348. The fraction of sp³-hybridized carbons (Fsp3) is 0.444. The summed E-state index contributed by atoms with van der Waals surface area (Å²) in [5.41, 5.74) is 1.19. The van der Waals surface area contributed by atoms with E-state index in [1.165, 1.54) is 11.8 Å². The van der Waals surface area contributed by atoms with Crippen molar-refractivity contribution in [3.8, 4) is 6.07 Å². The Kier molecular flexibility index (Phi) is 4.36. The van der Waals surface area contributed by atoms with Gasteiger partial charge in [-0.2, -0.15) is 5.26 Å². The predicted molar refractivity (Wildman–Crippen MR) is 53.9 cm³/mol. The van der Waals surface area contributed by atoms with Gasteiger partial charge in [0.15, 0.2) is 5.16 Å². The summed E-state index contributed by atoms with van der Waals surface area (Å²) >= 11 is 1.46. The molecule has 74 valence electrons. The molecule has 0 bridgehead atoms. The van der Waals surface area contributed by atoms with Gasteiger partial charge < -0.3 is 5.11 Å². The van der Waals surface area contributed by atoms with Gasteiger partial charge in [0, 0.05) is 18.1 Å². The lowest BCUT2D eigenvalue weighted by Gasteiger charge is -2.00. The smallest absolute Gasteiger partial charge is 0.189 e. The number of rotatable bonds is 4. The van der Waals surface area contributed by atoms with Crippen molar-refractivity contribution in [1.82, 2.24) is 9.97 Å². The Morgan fingerprint density at radius 2 is 2.36 bits per heavy atom. The van der Waals surface area contributed by atoms with Crippen molar-refractivity contribution in [3.63, 3.8) is 0 Å². The Balaban J connectivity index is 2.68. The maximum atomic E-state index is 8.67. The van der Waals surface area contributed by atoms with Crippen LogP contribution in [0.1, 0.15) is 17.8 Å². The second kappa shape index (κ2) is 5.58. The highest BCUT2D eigenvalue weighted by molar-refractivity contribution is 7.99. The van der Waals surface area contributed by atoms with Crippen LogP contribution in [0.4, 0.5) is 0 Å². The molecule has 0 aliphatic heterocycles. The third-order valence-corrected chi connectivity index (χ3v) is 2.42. The maximum Gasteiger partial charge on any atom is 0.189 e. The molecule has 0 unspecified atom stereocenters. The molecule has 1 aromatic rings. The largest absolute Gasteiger partial charge is 0.396 e. The molecule has 0 spiro atoms. The van der Waals surface area contributed by atoms with Crippen molar-refractivity contribution in [1.29, 1.82) is 5.26 Å². The molecule has 1 aromatic heterocycles. The van der Waals surface area contributed by atoms with Crippen molar-refractivity contribution in [2.75, 3.05) is 12.4 Å². The molecule has 5 heteroatoms. The number of nitriles is 1. The van der Waals surface area contributed by atoms with Crippen LogP contribution in [0, 0.1) is 18.3 Å². The molecule has 0 aliphatic rings. The quantitative estimate of drug-likeness (QED) is 0.457. The number of hydrogen-bond donors (Lipinski definition) is 1. The van der Waals surface area contributed by atoms with Crippen LogP contribution >= 0.6 is 11.8 Å². The van der Waals surface area contributed by atoms with Crippen LogP contribution in [0.5, 0.6) is 0 Å². The summed E-state index contributed by atoms with van der Waals surface area (Å²) in [6.07, 6.45) is 0.712. The van der Waals surface area contributed by atoms with Gasteiger partial charge in [0.1, 0.15) is 11.8 Å². The summed E-state index contributed by atoms with van der Waals surface area (Å²) in [4.78, 5) is 8.21. The van der Waals surface area contributed by atoms with Gasteiger partial charge in [-0.1, -0.05) is 11.8 Å². The van der Waals surface area contributed by atoms with E-state index in [2.05, 4.69) is 9.97 Å². The van der Waals surface area contributed by atoms with Crippen LogP contribution in [0.25, 0.3) is 0 Å². The molecule has 0 fully saturated rings. The Labute approximate surface area is 87.0 Å². The molecule has 4 nitrogen and oxygen atoms in total. The molecule has 0 amide bonds. The van der Waals surface area contributed by atoms with E-state index in [0.717, 1.165) is 11.4 Å². The normalized spacial score (nSPS) is 9.79. The first-order chi connectivity index (χ1) is 6.76. The van der Waals surface area contributed by atoms with Gasteiger partial charge in [-0.05, 0) is 19.4 Å². The van der Waals surface area contributed by atoms with Gasteiger partial charge in [0.2, 0.25) is 0 Å². The predicted octanol–water partition coefficient (Wildman–Crippen LogP) is 1.13. The number of nitrogens with zero attached hydrogens (tertiary/aromatic N) is 3. The molecule has 1 rings (SSSR count). The summed E-state index contributed by atoms with van der Waals surface area (Å²) in [7, 11) is 0. The summed E-state index contributed by atoms with van der Waals surface area (Å²) in [6.45, 7) is 2.00. The van der Waals surface area contributed by atoms with Crippen molar-refractivity contribution < 1.29 is 5.11 Å². The Morgan fingerprint density at radius 1 is 1.57 bits per heavy atom. The third-order valence-electron chi connectivity index (χ3n) is 1.48. The minimum absolute atomic E-state index is 0.171. The zero-order valence-corrected chi connectivity index (χ0v) is 8.71. The fourth-order valence-electron chi connectivity index (χ4n) is 0.891. The van der Waals surface area contributed by atoms with Gasteiger partial charge in [-0.25, -0.2) is 9.97 Å². The van der Waals surface area contributed by atoms with Crippen LogP contribution in [-0.2, 0) is 0 Å². The molecule has 0 aromatic carbocycles. The third kappa shape index (κ3) is 3.32. The standard InChI is InChI=1S/C9H11N3OS/c1-7-5-8(6-10)12-9(11-7)14-4-2-3-13/h5,13H,2-4H2,1H3. The zero-order valence-electron chi connectivity index (χ0n) is 7.90. The van der Waals surface area contributed by atoms with Crippen LogP contribution in [0.3, 0.4) is 0 Å². The minimum Gasteiger partial charge on any atom is -0.396 e. The van der Waals surface area contributed by atoms with E-state index in [4.69, 9.17) is 10.4 Å². The van der Waals surface area contributed by atoms with Gasteiger partial charge >= 0.3 is 0 Å². The van der Waals surface area contributed by atoms with Crippen LogP contribution in [-0.4, -0.2) is 27.4 Å². The highest BCUT2D eigenvalue weighted by Crippen LogP contribution is 2.14. The topological polar surface area (TPSA) is 69.8 Å². The molecule has 1 N–H and O–H groups in total. The van der Waals surface area contributed by atoms with Crippen LogP contribution < -0.4 is 0 Å². The molecule has 0 radical (unpaired) electrons. The molecule has 0 saturated heterocycles. The molecule has 1 heterocycles. The van der Waals surface area contributed by atoms with Crippen molar-refractivity contribution in [2.24, 2.45) is 0 Å². The minimum atomic E-state index is 0.171. The number of hydrogen-bond acceptors (Lipinski definition) is 5. The van der Waals surface area contributed by atoms with E-state index in [-0.39, 0.29) is 6.61 Å². The number of thioether (sulfide) groups is 1. The number of aliphatic hydroxyl groups is 1. The number of aliphatic hydroxyl groups excluding tert-OH is 1. The molecule has 0 saturated carbocycles. The maximum absolute atomic E-state index is 8.67. The first-order valence-corrected chi connectivity index (χ1v) is 5.24. The first kappa shape index (κ1) is 11.0. The van der Waals surface area contributed by atoms with Gasteiger partial charge in [-0.15, -0.1) is 0 Å². The van der Waals surface area contributed by atoms with Crippen LogP contribution in [0.2, 0.25) is 0 Å². The number of aromatic nitrogens is 2. The van der Waals surface area contributed by atoms with E-state index < -0.39 is 0 Å². The Morgan fingerprint density at radius 3 is 3.00 bits per heavy atom. The number of aryl methyl sites for hydroxylation is 1. The van der Waals surface area contributed by atoms with Gasteiger partial charge in [0.05, 0.1) is 0 Å². The zero-order chi connectivity index (χ0) is 10.4. The van der Waals surface area contributed by atoms with Crippen molar-refractivity contribution >= 4 is 11.8 Å². The summed E-state index contributed by atoms with van der Waals surface area (Å²) in [5, 5.41) is 17.9. The van der Waals surface area contributed by atoms with E-state index in [9.17, 15) is 0 Å².